The predicted octanol–water partition coefficient (Wildman–Crippen LogP) is 3.92. The fraction of sp³-hybridized carbons (Fsp3) is 0.333. The van der Waals surface area contributed by atoms with Gasteiger partial charge < -0.3 is 9.16 Å². The van der Waals surface area contributed by atoms with E-state index >= 15 is 0 Å². The molecule has 0 fully saturated rings. The number of azo groups is 1. The molecule has 0 aromatic heterocycles. The van der Waals surface area contributed by atoms with Crippen molar-refractivity contribution >= 4 is 20.5 Å². The summed E-state index contributed by atoms with van der Waals surface area (Å²) in [5.41, 5.74) is 0.945. The van der Waals surface area contributed by atoms with Gasteiger partial charge in [0.15, 0.2) is 0 Å². The second-order valence-corrected chi connectivity index (χ2v) is 9.29. The Bertz CT molecular complexity index is 509. The van der Waals surface area contributed by atoms with Gasteiger partial charge in [0.25, 0.3) is 0 Å². The number of hydrogen-bond donors (Lipinski definition) is 0. The van der Waals surface area contributed by atoms with E-state index in [2.05, 4.69) is 10.2 Å². The van der Waals surface area contributed by atoms with Crippen LogP contribution in [0.15, 0.2) is 34.5 Å². The van der Waals surface area contributed by atoms with Gasteiger partial charge in [0, 0.05) is 0 Å². The second kappa shape index (κ2) is 6.23. The van der Waals surface area contributed by atoms with Crippen LogP contribution in [0.2, 0.25) is 19.6 Å². The Morgan fingerprint density at radius 2 is 1.74 bits per heavy atom. The van der Waals surface area contributed by atoms with E-state index < -0.39 is 20.5 Å². The Labute approximate surface area is 112 Å². The molecule has 0 unspecified atom stereocenters. The van der Waals surface area contributed by atoms with Crippen molar-refractivity contribution in [2.24, 2.45) is 10.2 Å². The lowest BCUT2D eigenvalue weighted by atomic mass is 10.2. The number of carbonyl (C=O) groups excluding carboxylic acids is 2. The molecule has 0 bridgehead atoms. The van der Waals surface area contributed by atoms with Crippen molar-refractivity contribution in [2.45, 2.75) is 26.6 Å². The maximum atomic E-state index is 11.3. The summed E-state index contributed by atoms with van der Waals surface area (Å²) in [7, 11) is -2.03. The SMILES string of the molecule is Cc1cccc(OC(=O)N=NC(=O)O[Si](C)(C)C)c1. The van der Waals surface area contributed by atoms with Crippen molar-refractivity contribution in [1.29, 1.82) is 0 Å². The minimum atomic E-state index is -2.03. The van der Waals surface area contributed by atoms with Gasteiger partial charge in [-0.1, -0.05) is 22.4 Å². The molecule has 19 heavy (non-hydrogen) atoms. The van der Waals surface area contributed by atoms with Crippen LogP contribution in [0.5, 0.6) is 5.75 Å². The number of amides is 2. The van der Waals surface area contributed by atoms with Gasteiger partial charge in [-0.15, -0.1) is 0 Å². The van der Waals surface area contributed by atoms with E-state index in [9.17, 15) is 9.59 Å². The molecule has 0 saturated carbocycles. The predicted molar refractivity (Wildman–Crippen MR) is 71.9 cm³/mol. The first kappa shape index (κ1) is 15.0. The standard InChI is InChI=1S/C12H16N2O4Si/c1-9-6-5-7-10(8-9)17-11(15)13-14-12(16)18-19(2,3)4/h5-8H,1-4H3. The molecular formula is C12H16N2O4Si. The molecule has 0 radical (unpaired) electrons. The van der Waals surface area contributed by atoms with E-state index in [1.807, 2.05) is 32.6 Å². The number of rotatable bonds is 2. The Hall–Kier alpha value is -2.02. The number of nitrogens with zero attached hydrogens (tertiary/aromatic N) is 2. The maximum Gasteiger partial charge on any atom is 0.458 e. The molecule has 0 N–H and O–H groups in total. The molecular weight excluding hydrogens is 264 g/mol. The topological polar surface area (TPSA) is 77.3 Å². The molecule has 2 amide bonds. The monoisotopic (exact) mass is 280 g/mol. The van der Waals surface area contributed by atoms with Gasteiger partial charge in [0.2, 0.25) is 8.32 Å². The van der Waals surface area contributed by atoms with Gasteiger partial charge in [0.1, 0.15) is 5.75 Å². The van der Waals surface area contributed by atoms with Crippen LogP contribution in [0.3, 0.4) is 0 Å². The van der Waals surface area contributed by atoms with E-state index in [-0.39, 0.29) is 0 Å². The summed E-state index contributed by atoms with van der Waals surface area (Å²) < 4.78 is 9.87. The molecule has 0 aliphatic carbocycles. The number of ether oxygens (including phenoxy) is 1. The van der Waals surface area contributed by atoms with Crippen LogP contribution in [-0.4, -0.2) is 20.5 Å². The Morgan fingerprint density at radius 3 is 2.32 bits per heavy atom. The quantitative estimate of drug-likeness (QED) is 0.607. The maximum absolute atomic E-state index is 11.3. The second-order valence-electron chi connectivity index (χ2n) is 4.86. The Balaban J connectivity index is 2.54. The van der Waals surface area contributed by atoms with E-state index in [0.717, 1.165) is 5.56 Å². The van der Waals surface area contributed by atoms with Gasteiger partial charge >= 0.3 is 12.2 Å². The summed E-state index contributed by atoms with van der Waals surface area (Å²) in [4.78, 5) is 22.5. The molecule has 1 aromatic rings. The van der Waals surface area contributed by atoms with Crippen LogP contribution in [0.25, 0.3) is 0 Å². The average molecular weight is 280 g/mol. The zero-order valence-corrected chi connectivity index (χ0v) is 12.3. The number of aryl methyl sites for hydroxylation is 1. The van der Waals surface area contributed by atoms with E-state index in [4.69, 9.17) is 9.16 Å². The Kier molecular flexibility index (Phi) is 4.93. The molecule has 0 saturated heterocycles. The minimum Gasteiger partial charge on any atom is -0.502 e. The van der Waals surface area contributed by atoms with Gasteiger partial charge in [-0.3, -0.25) is 0 Å². The molecule has 1 aromatic carbocycles. The van der Waals surface area contributed by atoms with Crippen LogP contribution < -0.4 is 4.74 Å². The first-order valence-corrected chi connectivity index (χ1v) is 9.10. The highest BCUT2D eigenvalue weighted by Gasteiger charge is 2.19. The van der Waals surface area contributed by atoms with Crippen molar-refractivity contribution in [3.63, 3.8) is 0 Å². The van der Waals surface area contributed by atoms with E-state index in [1.54, 1.807) is 18.2 Å². The number of carbonyl (C=O) groups is 2. The fourth-order valence-corrected chi connectivity index (χ4v) is 1.73. The van der Waals surface area contributed by atoms with Crippen molar-refractivity contribution in [2.75, 3.05) is 0 Å². The molecule has 0 aliphatic rings. The van der Waals surface area contributed by atoms with Crippen molar-refractivity contribution < 1.29 is 18.8 Å². The number of benzene rings is 1. The van der Waals surface area contributed by atoms with Gasteiger partial charge in [0.05, 0.1) is 0 Å². The van der Waals surface area contributed by atoms with Crippen molar-refractivity contribution in [3.05, 3.63) is 29.8 Å². The van der Waals surface area contributed by atoms with E-state index in [0.29, 0.717) is 5.75 Å². The first-order valence-electron chi connectivity index (χ1n) is 5.69. The summed E-state index contributed by atoms with van der Waals surface area (Å²) in [6.07, 6.45) is -1.83. The van der Waals surface area contributed by atoms with E-state index in [1.165, 1.54) is 0 Å². The van der Waals surface area contributed by atoms with Crippen LogP contribution in [0.1, 0.15) is 5.56 Å². The third kappa shape index (κ3) is 6.46. The van der Waals surface area contributed by atoms with Crippen molar-refractivity contribution in [3.8, 4) is 5.75 Å². The Morgan fingerprint density at radius 1 is 1.11 bits per heavy atom. The lowest BCUT2D eigenvalue weighted by Crippen LogP contribution is -2.27. The molecule has 7 heteroatoms. The summed E-state index contributed by atoms with van der Waals surface area (Å²) in [5, 5.41) is 6.30. The smallest absolute Gasteiger partial charge is 0.458 e. The molecule has 0 atom stereocenters. The van der Waals surface area contributed by atoms with Gasteiger partial charge in [-0.25, -0.2) is 9.59 Å². The van der Waals surface area contributed by atoms with Crippen LogP contribution in [0, 0.1) is 6.92 Å². The van der Waals surface area contributed by atoms with Gasteiger partial charge in [-0.2, -0.15) is 0 Å². The molecule has 6 nitrogen and oxygen atoms in total. The number of hydrogen-bond acceptors (Lipinski definition) is 4. The normalized spacial score (nSPS) is 11.4. The summed E-state index contributed by atoms with van der Waals surface area (Å²) in [6, 6.07) is 6.90. The van der Waals surface area contributed by atoms with Crippen LogP contribution in [-0.2, 0) is 4.43 Å². The van der Waals surface area contributed by atoms with Crippen molar-refractivity contribution in [1.82, 2.24) is 0 Å². The summed E-state index contributed by atoms with van der Waals surface area (Å²) >= 11 is 0. The molecule has 102 valence electrons. The average Bonchev–Trinajstić information content (AvgIpc) is 2.24. The molecule has 0 spiro atoms. The third-order valence-corrected chi connectivity index (χ3v) is 2.59. The highest BCUT2D eigenvalue weighted by molar-refractivity contribution is 6.71. The third-order valence-electron chi connectivity index (χ3n) is 1.80. The highest BCUT2D eigenvalue weighted by Crippen LogP contribution is 2.13. The van der Waals surface area contributed by atoms with Gasteiger partial charge in [-0.05, 0) is 44.3 Å². The summed E-state index contributed by atoms with van der Waals surface area (Å²) in [5.74, 6) is 0.350. The fourth-order valence-electron chi connectivity index (χ4n) is 1.16. The largest absolute Gasteiger partial charge is 0.502 e. The zero-order valence-electron chi connectivity index (χ0n) is 11.3. The van der Waals surface area contributed by atoms with Crippen LogP contribution >= 0.6 is 0 Å². The summed E-state index contributed by atoms with van der Waals surface area (Å²) in [6.45, 7) is 7.34. The first-order chi connectivity index (χ1) is 8.76. The minimum absolute atomic E-state index is 0.350. The highest BCUT2D eigenvalue weighted by atomic mass is 28.4. The zero-order chi connectivity index (χ0) is 14.5. The lowest BCUT2D eigenvalue weighted by molar-refractivity contribution is 0.199. The molecule has 0 heterocycles. The molecule has 1 rings (SSSR count). The molecule has 0 aliphatic heterocycles. The van der Waals surface area contributed by atoms with Crippen LogP contribution in [0.4, 0.5) is 9.59 Å². The lowest BCUT2D eigenvalue weighted by Gasteiger charge is -2.13.